The van der Waals surface area contributed by atoms with E-state index in [-0.39, 0.29) is 11.3 Å². The molecule has 122 valence electrons. The Balaban J connectivity index is 2.05. The van der Waals surface area contributed by atoms with Gasteiger partial charge < -0.3 is 10.1 Å². The van der Waals surface area contributed by atoms with Crippen molar-refractivity contribution in [3.63, 3.8) is 0 Å². The van der Waals surface area contributed by atoms with Crippen molar-refractivity contribution in [1.82, 2.24) is 5.32 Å². The standard InChI is InChI=1S/C18H19Cl2NO2/c1-18(2,13-5-7-14(23-3)8-6-13)11-21-17(22)12-4-9-15(19)16(20)10-12/h4-10H,11H2,1-3H3,(H,21,22). The summed E-state index contributed by atoms with van der Waals surface area (Å²) in [6.45, 7) is 4.65. The predicted molar refractivity (Wildman–Crippen MR) is 94.8 cm³/mol. The van der Waals surface area contributed by atoms with Gasteiger partial charge in [0.05, 0.1) is 17.2 Å². The van der Waals surface area contributed by atoms with Crippen molar-refractivity contribution in [3.05, 3.63) is 63.6 Å². The predicted octanol–water partition coefficient (Wildman–Crippen LogP) is 4.71. The fourth-order valence-corrected chi connectivity index (χ4v) is 2.48. The smallest absolute Gasteiger partial charge is 0.251 e. The quantitative estimate of drug-likeness (QED) is 0.846. The first-order chi connectivity index (χ1) is 10.8. The molecule has 0 aliphatic rings. The number of benzene rings is 2. The first-order valence-electron chi connectivity index (χ1n) is 7.21. The van der Waals surface area contributed by atoms with Crippen molar-refractivity contribution in [3.8, 4) is 5.75 Å². The van der Waals surface area contributed by atoms with Crippen molar-refractivity contribution >= 4 is 29.1 Å². The average Bonchev–Trinajstić information content (AvgIpc) is 2.55. The van der Waals surface area contributed by atoms with Crippen LogP contribution in [0.3, 0.4) is 0 Å². The first-order valence-corrected chi connectivity index (χ1v) is 7.97. The zero-order valence-corrected chi connectivity index (χ0v) is 14.8. The Morgan fingerprint density at radius 3 is 2.30 bits per heavy atom. The summed E-state index contributed by atoms with van der Waals surface area (Å²) in [7, 11) is 1.64. The topological polar surface area (TPSA) is 38.3 Å². The van der Waals surface area contributed by atoms with Crippen LogP contribution in [0.1, 0.15) is 29.8 Å². The van der Waals surface area contributed by atoms with Gasteiger partial charge in [0, 0.05) is 17.5 Å². The second kappa shape index (κ2) is 7.24. The summed E-state index contributed by atoms with van der Waals surface area (Å²) in [5.74, 6) is 0.634. The van der Waals surface area contributed by atoms with E-state index < -0.39 is 0 Å². The van der Waals surface area contributed by atoms with Crippen LogP contribution in [0.15, 0.2) is 42.5 Å². The van der Waals surface area contributed by atoms with Crippen LogP contribution in [-0.2, 0) is 5.41 Å². The third kappa shape index (κ3) is 4.40. The highest BCUT2D eigenvalue weighted by atomic mass is 35.5. The largest absolute Gasteiger partial charge is 0.497 e. The molecule has 0 aliphatic carbocycles. The van der Waals surface area contributed by atoms with Gasteiger partial charge in [-0.05, 0) is 35.9 Å². The summed E-state index contributed by atoms with van der Waals surface area (Å²) in [4.78, 5) is 12.3. The molecular weight excluding hydrogens is 333 g/mol. The SMILES string of the molecule is COc1ccc(C(C)(C)CNC(=O)c2ccc(Cl)c(Cl)c2)cc1. The van der Waals surface area contributed by atoms with Crippen molar-refractivity contribution in [2.75, 3.05) is 13.7 Å². The van der Waals surface area contributed by atoms with Crippen LogP contribution in [-0.4, -0.2) is 19.6 Å². The van der Waals surface area contributed by atoms with E-state index in [9.17, 15) is 4.79 Å². The van der Waals surface area contributed by atoms with Crippen LogP contribution >= 0.6 is 23.2 Å². The Morgan fingerprint density at radius 1 is 1.09 bits per heavy atom. The molecule has 2 aromatic carbocycles. The van der Waals surface area contributed by atoms with Crippen LogP contribution < -0.4 is 10.1 Å². The highest BCUT2D eigenvalue weighted by Crippen LogP contribution is 2.25. The molecule has 2 aromatic rings. The molecular formula is C18H19Cl2NO2. The fourth-order valence-electron chi connectivity index (χ4n) is 2.18. The average molecular weight is 352 g/mol. The maximum Gasteiger partial charge on any atom is 0.251 e. The molecule has 0 aromatic heterocycles. The van der Waals surface area contributed by atoms with Crippen molar-refractivity contribution in [1.29, 1.82) is 0 Å². The number of nitrogens with one attached hydrogen (secondary N) is 1. The molecule has 0 bridgehead atoms. The lowest BCUT2D eigenvalue weighted by Gasteiger charge is -2.26. The molecule has 0 heterocycles. The van der Waals surface area contributed by atoms with Gasteiger partial charge in [-0.3, -0.25) is 4.79 Å². The van der Waals surface area contributed by atoms with Gasteiger partial charge in [-0.2, -0.15) is 0 Å². The Morgan fingerprint density at radius 2 is 1.74 bits per heavy atom. The van der Waals surface area contributed by atoms with E-state index >= 15 is 0 Å². The van der Waals surface area contributed by atoms with E-state index in [2.05, 4.69) is 19.2 Å². The lowest BCUT2D eigenvalue weighted by Crippen LogP contribution is -2.36. The summed E-state index contributed by atoms with van der Waals surface area (Å²) in [5.41, 5.74) is 1.40. The Labute approximate surface area is 146 Å². The molecule has 0 saturated carbocycles. The lowest BCUT2D eigenvalue weighted by molar-refractivity contribution is 0.0945. The molecule has 0 aliphatic heterocycles. The van der Waals surface area contributed by atoms with Gasteiger partial charge in [0.1, 0.15) is 5.75 Å². The van der Waals surface area contributed by atoms with E-state index in [1.54, 1.807) is 25.3 Å². The number of carbonyl (C=O) groups is 1. The Kier molecular flexibility index (Phi) is 5.55. The van der Waals surface area contributed by atoms with Gasteiger partial charge >= 0.3 is 0 Å². The number of rotatable bonds is 5. The second-order valence-corrected chi connectivity index (χ2v) is 6.74. The maximum absolute atomic E-state index is 12.3. The number of amides is 1. The van der Waals surface area contributed by atoms with Crippen molar-refractivity contribution in [2.45, 2.75) is 19.3 Å². The molecule has 0 saturated heterocycles. The zero-order chi connectivity index (χ0) is 17.0. The molecule has 0 unspecified atom stereocenters. The minimum atomic E-state index is -0.210. The molecule has 0 atom stereocenters. The summed E-state index contributed by atoms with van der Waals surface area (Å²) < 4.78 is 5.17. The molecule has 0 spiro atoms. The number of methoxy groups -OCH3 is 1. The van der Waals surface area contributed by atoms with Gasteiger partial charge in [0.25, 0.3) is 5.91 Å². The summed E-state index contributed by atoms with van der Waals surface area (Å²) in [6.07, 6.45) is 0. The fraction of sp³-hybridized carbons (Fsp3) is 0.278. The molecule has 5 heteroatoms. The van der Waals surface area contributed by atoms with Crippen LogP contribution in [0, 0.1) is 0 Å². The first kappa shape index (κ1) is 17.6. The monoisotopic (exact) mass is 351 g/mol. The van der Waals surface area contributed by atoms with Crippen LogP contribution in [0.2, 0.25) is 10.0 Å². The zero-order valence-electron chi connectivity index (χ0n) is 13.3. The summed E-state index contributed by atoms with van der Waals surface area (Å²) >= 11 is 11.8. The highest BCUT2D eigenvalue weighted by Gasteiger charge is 2.22. The molecule has 0 radical (unpaired) electrons. The minimum absolute atomic E-state index is 0.176. The normalized spacial score (nSPS) is 11.2. The van der Waals surface area contributed by atoms with Gasteiger partial charge in [-0.25, -0.2) is 0 Å². The summed E-state index contributed by atoms with van der Waals surface area (Å²) in [5, 5.41) is 3.74. The van der Waals surface area contributed by atoms with Crippen LogP contribution in [0.25, 0.3) is 0 Å². The van der Waals surface area contributed by atoms with Crippen LogP contribution in [0.4, 0.5) is 0 Å². The van der Waals surface area contributed by atoms with Crippen LogP contribution in [0.5, 0.6) is 5.75 Å². The molecule has 0 fully saturated rings. The van der Waals surface area contributed by atoms with E-state index in [4.69, 9.17) is 27.9 Å². The molecule has 1 amide bonds. The number of hydrogen-bond acceptors (Lipinski definition) is 2. The minimum Gasteiger partial charge on any atom is -0.497 e. The van der Waals surface area contributed by atoms with Gasteiger partial charge in [0.15, 0.2) is 0 Å². The molecule has 2 rings (SSSR count). The Bertz CT molecular complexity index is 697. The van der Waals surface area contributed by atoms with E-state index in [0.717, 1.165) is 11.3 Å². The molecule has 23 heavy (non-hydrogen) atoms. The number of halogens is 2. The third-order valence-electron chi connectivity index (χ3n) is 3.74. The Hall–Kier alpha value is -1.71. The third-order valence-corrected chi connectivity index (χ3v) is 4.48. The maximum atomic E-state index is 12.3. The van der Waals surface area contributed by atoms with Gasteiger partial charge in [-0.15, -0.1) is 0 Å². The number of ether oxygens (including phenoxy) is 1. The van der Waals surface area contributed by atoms with E-state index in [0.29, 0.717) is 22.2 Å². The highest BCUT2D eigenvalue weighted by molar-refractivity contribution is 6.42. The van der Waals surface area contributed by atoms with Crippen molar-refractivity contribution in [2.24, 2.45) is 0 Å². The van der Waals surface area contributed by atoms with E-state index in [1.807, 2.05) is 24.3 Å². The summed E-state index contributed by atoms with van der Waals surface area (Å²) in [6, 6.07) is 12.7. The second-order valence-electron chi connectivity index (χ2n) is 5.92. The van der Waals surface area contributed by atoms with Gasteiger partial charge in [0.2, 0.25) is 0 Å². The molecule has 1 N–H and O–H groups in total. The lowest BCUT2D eigenvalue weighted by atomic mass is 9.84. The number of carbonyl (C=O) groups excluding carboxylic acids is 1. The van der Waals surface area contributed by atoms with E-state index in [1.165, 1.54) is 0 Å². The number of hydrogen-bond donors (Lipinski definition) is 1. The van der Waals surface area contributed by atoms with Crippen molar-refractivity contribution < 1.29 is 9.53 Å². The van der Waals surface area contributed by atoms with Gasteiger partial charge in [-0.1, -0.05) is 49.2 Å². The molecule has 3 nitrogen and oxygen atoms in total.